The second kappa shape index (κ2) is 6.39. The van der Waals surface area contributed by atoms with Crippen LogP contribution in [0.15, 0.2) is 6.33 Å². The summed E-state index contributed by atoms with van der Waals surface area (Å²) < 4.78 is 5.31. The van der Waals surface area contributed by atoms with E-state index >= 15 is 0 Å². The molecule has 0 aliphatic rings. The molecule has 0 fully saturated rings. The fourth-order valence-electron chi connectivity index (χ4n) is 1.36. The van der Waals surface area contributed by atoms with Crippen LogP contribution in [0.5, 0.6) is 5.75 Å². The monoisotopic (exact) mass is 254 g/mol. The number of nitrogens with one attached hydrogen (secondary N) is 2. The lowest BCUT2D eigenvalue weighted by Gasteiger charge is -2.19. The number of ether oxygens (including phenoxy) is 1. The number of aliphatic hydroxyl groups is 1. The average Bonchev–Trinajstić information content (AvgIpc) is 2.32. The summed E-state index contributed by atoms with van der Waals surface area (Å²) in [7, 11) is 1.57. The van der Waals surface area contributed by atoms with Gasteiger partial charge < -0.3 is 20.5 Å². The van der Waals surface area contributed by atoms with Crippen LogP contribution in [-0.4, -0.2) is 40.9 Å². The molecule has 0 unspecified atom stereocenters. The third-order valence-corrected chi connectivity index (χ3v) is 2.24. The van der Waals surface area contributed by atoms with E-state index < -0.39 is 5.60 Å². The molecule has 0 saturated heterocycles. The molecular weight excluding hydrogens is 232 g/mol. The predicted octanol–water partition coefficient (Wildman–Crippen LogP) is 1.49. The van der Waals surface area contributed by atoms with Crippen molar-refractivity contribution < 1.29 is 9.84 Å². The first-order valence-corrected chi connectivity index (χ1v) is 6.07. The van der Waals surface area contributed by atoms with Gasteiger partial charge in [-0.25, -0.2) is 9.97 Å². The lowest BCUT2D eigenvalue weighted by atomic mass is 10.1. The van der Waals surface area contributed by atoms with Crippen LogP contribution in [-0.2, 0) is 0 Å². The van der Waals surface area contributed by atoms with Gasteiger partial charge in [0.05, 0.1) is 12.7 Å². The first-order valence-electron chi connectivity index (χ1n) is 6.07. The van der Waals surface area contributed by atoms with Gasteiger partial charge in [-0.2, -0.15) is 0 Å². The molecule has 1 heterocycles. The van der Waals surface area contributed by atoms with Gasteiger partial charge in [0.1, 0.15) is 6.33 Å². The Morgan fingerprint density at radius 2 is 1.89 bits per heavy atom. The molecule has 1 aromatic rings. The van der Waals surface area contributed by atoms with Gasteiger partial charge in [0.25, 0.3) is 0 Å². The number of hydrogen-bond acceptors (Lipinski definition) is 6. The number of methoxy groups -OCH3 is 1. The third kappa shape index (κ3) is 4.37. The second-order valence-corrected chi connectivity index (χ2v) is 4.70. The normalized spacial score (nSPS) is 11.2. The van der Waals surface area contributed by atoms with Crippen LogP contribution in [0.1, 0.15) is 27.2 Å². The zero-order valence-corrected chi connectivity index (χ0v) is 11.4. The van der Waals surface area contributed by atoms with Crippen molar-refractivity contribution in [1.29, 1.82) is 0 Å². The lowest BCUT2D eigenvalue weighted by Crippen LogP contribution is -2.29. The van der Waals surface area contributed by atoms with Crippen molar-refractivity contribution in [3.05, 3.63) is 6.33 Å². The van der Waals surface area contributed by atoms with Gasteiger partial charge >= 0.3 is 0 Å². The topological polar surface area (TPSA) is 79.3 Å². The highest BCUT2D eigenvalue weighted by atomic mass is 16.5. The fraction of sp³-hybridized carbons (Fsp3) is 0.667. The van der Waals surface area contributed by atoms with Crippen LogP contribution in [0.3, 0.4) is 0 Å². The molecule has 0 aliphatic carbocycles. The van der Waals surface area contributed by atoms with Crippen molar-refractivity contribution in [3.8, 4) is 5.75 Å². The van der Waals surface area contributed by atoms with Crippen molar-refractivity contribution in [2.24, 2.45) is 0 Å². The predicted molar refractivity (Wildman–Crippen MR) is 72.2 cm³/mol. The molecule has 0 aromatic carbocycles. The van der Waals surface area contributed by atoms with Crippen molar-refractivity contribution >= 4 is 11.6 Å². The van der Waals surface area contributed by atoms with E-state index in [0.29, 0.717) is 23.9 Å². The Labute approximate surface area is 108 Å². The smallest absolute Gasteiger partial charge is 0.204 e. The van der Waals surface area contributed by atoms with Crippen LogP contribution in [0.4, 0.5) is 11.6 Å². The highest BCUT2D eigenvalue weighted by molar-refractivity contribution is 5.63. The Bertz CT molecular complexity index is 377. The summed E-state index contributed by atoms with van der Waals surface area (Å²) in [5, 5.41) is 15.9. The Balaban J connectivity index is 2.83. The first-order chi connectivity index (χ1) is 8.48. The van der Waals surface area contributed by atoms with E-state index in [4.69, 9.17) is 4.74 Å². The third-order valence-electron chi connectivity index (χ3n) is 2.24. The Morgan fingerprint density at radius 1 is 1.28 bits per heavy atom. The molecule has 6 heteroatoms. The number of rotatable bonds is 7. The maximum atomic E-state index is 9.69. The van der Waals surface area contributed by atoms with Crippen molar-refractivity contribution in [2.75, 3.05) is 30.8 Å². The first kappa shape index (κ1) is 14.5. The fourth-order valence-corrected chi connectivity index (χ4v) is 1.36. The highest BCUT2D eigenvalue weighted by Gasteiger charge is 2.16. The Kier molecular flexibility index (Phi) is 5.15. The van der Waals surface area contributed by atoms with Crippen LogP contribution in [0.2, 0.25) is 0 Å². The zero-order chi connectivity index (χ0) is 13.6. The van der Waals surface area contributed by atoms with Crippen LogP contribution < -0.4 is 15.4 Å². The second-order valence-electron chi connectivity index (χ2n) is 4.70. The van der Waals surface area contributed by atoms with Gasteiger partial charge in [-0.05, 0) is 20.3 Å². The summed E-state index contributed by atoms with van der Waals surface area (Å²) in [5.74, 6) is 1.80. The number of hydrogen-bond donors (Lipinski definition) is 3. The molecule has 0 bridgehead atoms. The van der Waals surface area contributed by atoms with E-state index in [9.17, 15) is 5.11 Å². The van der Waals surface area contributed by atoms with Gasteiger partial charge in [-0.15, -0.1) is 0 Å². The Hall–Kier alpha value is -1.56. The molecule has 6 nitrogen and oxygen atoms in total. The molecule has 3 N–H and O–H groups in total. The number of aromatic nitrogens is 2. The standard InChI is InChI=1S/C12H22N4O2/c1-5-6-13-10-9(18-4)11(16-8-15-10)14-7-12(2,3)17/h8,17H,5-7H2,1-4H3,(H2,13,14,15,16). The molecular formula is C12H22N4O2. The summed E-state index contributed by atoms with van der Waals surface area (Å²) in [6.07, 6.45) is 2.47. The molecule has 102 valence electrons. The zero-order valence-electron chi connectivity index (χ0n) is 11.4. The van der Waals surface area contributed by atoms with Crippen LogP contribution in [0.25, 0.3) is 0 Å². The molecule has 0 atom stereocenters. The van der Waals surface area contributed by atoms with Gasteiger partial charge in [-0.1, -0.05) is 6.92 Å². The lowest BCUT2D eigenvalue weighted by molar-refractivity contribution is 0.0943. The maximum absolute atomic E-state index is 9.69. The number of nitrogens with zero attached hydrogens (tertiary/aromatic N) is 2. The number of anilines is 2. The van der Waals surface area contributed by atoms with Gasteiger partial charge in [-0.3, -0.25) is 0 Å². The van der Waals surface area contributed by atoms with Crippen LogP contribution in [0, 0.1) is 0 Å². The summed E-state index contributed by atoms with van der Waals surface area (Å²) in [6, 6.07) is 0. The van der Waals surface area contributed by atoms with E-state index in [-0.39, 0.29) is 0 Å². The summed E-state index contributed by atoms with van der Waals surface area (Å²) in [5.41, 5.74) is -0.813. The minimum Gasteiger partial charge on any atom is -0.490 e. The minimum absolute atomic E-state index is 0.383. The minimum atomic E-state index is -0.813. The van der Waals surface area contributed by atoms with E-state index in [1.165, 1.54) is 6.33 Å². The maximum Gasteiger partial charge on any atom is 0.204 e. The summed E-state index contributed by atoms with van der Waals surface area (Å²) in [6.45, 7) is 6.73. The molecule has 0 aliphatic heterocycles. The summed E-state index contributed by atoms with van der Waals surface area (Å²) in [4.78, 5) is 8.27. The van der Waals surface area contributed by atoms with Crippen LogP contribution >= 0.6 is 0 Å². The molecule has 1 rings (SSSR count). The van der Waals surface area contributed by atoms with Crippen molar-refractivity contribution in [1.82, 2.24) is 9.97 Å². The van der Waals surface area contributed by atoms with Crippen molar-refractivity contribution in [3.63, 3.8) is 0 Å². The highest BCUT2D eigenvalue weighted by Crippen LogP contribution is 2.29. The van der Waals surface area contributed by atoms with Gasteiger partial charge in [0.2, 0.25) is 5.75 Å². The molecule has 1 aromatic heterocycles. The quantitative estimate of drug-likeness (QED) is 0.684. The van der Waals surface area contributed by atoms with E-state index in [2.05, 4.69) is 27.5 Å². The van der Waals surface area contributed by atoms with Gasteiger partial charge in [0, 0.05) is 13.1 Å². The van der Waals surface area contributed by atoms with E-state index in [1.54, 1.807) is 21.0 Å². The molecule has 0 radical (unpaired) electrons. The van der Waals surface area contributed by atoms with E-state index in [1.807, 2.05) is 0 Å². The molecule has 0 amide bonds. The largest absolute Gasteiger partial charge is 0.490 e. The van der Waals surface area contributed by atoms with Crippen molar-refractivity contribution in [2.45, 2.75) is 32.8 Å². The summed E-state index contributed by atoms with van der Waals surface area (Å²) >= 11 is 0. The molecule has 0 saturated carbocycles. The average molecular weight is 254 g/mol. The van der Waals surface area contributed by atoms with E-state index in [0.717, 1.165) is 13.0 Å². The SMILES string of the molecule is CCCNc1ncnc(NCC(C)(C)O)c1OC. The van der Waals surface area contributed by atoms with Gasteiger partial charge in [0.15, 0.2) is 11.6 Å². The Morgan fingerprint density at radius 3 is 2.39 bits per heavy atom. The molecule has 18 heavy (non-hydrogen) atoms. The molecule has 0 spiro atoms.